The van der Waals surface area contributed by atoms with Gasteiger partial charge in [-0.15, -0.1) is 0 Å². The number of hydrogen-bond acceptors (Lipinski definition) is 1. The molecule has 1 aliphatic rings. The molecule has 1 fully saturated rings. The molecule has 0 spiro atoms. The van der Waals surface area contributed by atoms with Crippen LogP contribution in [0.4, 0.5) is 10.5 Å². The zero-order chi connectivity index (χ0) is 15.7. The van der Waals surface area contributed by atoms with Gasteiger partial charge in [0.15, 0.2) is 0 Å². The predicted octanol–water partition coefficient (Wildman–Crippen LogP) is 3.84. The van der Waals surface area contributed by atoms with Crippen LogP contribution in [0.25, 0.3) is 0 Å². The summed E-state index contributed by atoms with van der Waals surface area (Å²) in [6, 6.07) is 10.5. The molecule has 2 amide bonds. The van der Waals surface area contributed by atoms with E-state index in [1.807, 2.05) is 43.3 Å². The standard InChI is InChI=1S/C18H23N3O/c1-13-6-4-8-17(14(13)2)19-18(22)21(15-9-10-15)12-16-7-5-11-20(16)3/h4-8,11,15H,9-10,12H2,1-3H3,(H,19,22). The molecule has 1 aromatic carbocycles. The van der Waals surface area contributed by atoms with Crippen LogP contribution in [0, 0.1) is 13.8 Å². The Morgan fingerprint density at radius 2 is 2.05 bits per heavy atom. The number of amides is 2. The van der Waals surface area contributed by atoms with Crippen LogP contribution in [0.15, 0.2) is 36.5 Å². The number of benzene rings is 1. The van der Waals surface area contributed by atoms with Crippen LogP contribution in [0.2, 0.25) is 0 Å². The molecule has 1 saturated carbocycles. The van der Waals surface area contributed by atoms with E-state index in [2.05, 4.69) is 28.9 Å². The molecule has 22 heavy (non-hydrogen) atoms. The minimum absolute atomic E-state index is 0.00241. The minimum atomic E-state index is -0.00241. The normalized spacial score (nSPS) is 14.0. The van der Waals surface area contributed by atoms with Crippen LogP contribution in [-0.2, 0) is 13.6 Å². The lowest BCUT2D eigenvalue weighted by atomic mass is 10.1. The van der Waals surface area contributed by atoms with E-state index < -0.39 is 0 Å². The third kappa shape index (κ3) is 3.01. The van der Waals surface area contributed by atoms with Crippen LogP contribution in [-0.4, -0.2) is 21.5 Å². The summed E-state index contributed by atoms with van der Waals surface area (Å²) in [5.74, 6) is 0. The van der Waals surface area contributed by atoms with Gasteiger partial charge >= 0.3 is 6.03 Å². The van der Waals surface area contributed by atoms with E-state index in [0.717, 1.165) is 29.8 Å². The number of nitrogens with one attached hydrogen (secondary N) is 1. The van der Waals surface area contributed by atoms with Crippen molar-refractivity contribution < 1.29 is 4.79 Å². The highest BCUT2D eigenvalue weighted by Crippen LogP contribution is 2.29. The van der Waals surface area contributed by atoms with Gasteiger partial charge in [0.05, 0.1) is 6.54 Å². The monoisotopic (exact) mass is 297 g/mol. The van der Waals surface area contributed by atoms with E-state index in [4.69, 9.17) is 0 Å². The first-order chi connectivity index (χ1) is 10.6. The summed E-state index contributed by atoms with van der Waals surface area (Å²) in [5, 5.41) is 3.08. The molecule has 4 nitrogen and oxygen atoms in total. The Morgan fingerprint density at radius 3 is 2.68 bits per heavy atom. The predicted molar refractivity (Wildman–Crippen MR) is 88.9 cm³/mol. The summed E-state index contributed by atoms with van der Waals surface area (Å²) < 4.78 is 2.07. The fourth-order valence-electron chi connectivity index (χ4n) is 2.66. The number of hydrogen-bond donors (Lipinski definition) is 1. The molecule has 1 aliphatic carbocycles. The quantitative estimate of drug-likeness (QED) is 0.914. The topological polar surface area (TPSA) is 37.3 Å². The second-order valence-corrected chi connectivity index (χ2v) is 6.15. The lowest BCUT2D eigenvalue weighted by Gasteiger charge is -2.24. The highest BCUT2D eigenvalue weighted by molar-refractivity contribution is 5.90. The summed E-state index contributed by atoms with van der Waals surface area (Å²) in [4.78, 5) is 14.7. The van der Waals surface area contributed by atoms with Crippen LogP contribution >= 0.6 is 0 Å². The van der Waals surface area contributed by atoms with Gasteiger partial charge in [0.25, 0.3) is 0 Å². The van der Waals surface area contributed by atoms with Crippen LogP contribution < -0.4 is 5.32 Å². The third-order valence-corrected chi connectivity index (χ3v) is 4.48. The molecule has 1 aromatic heterocycles. The Morgan fingerprint density at radius 1 is 1.27 bits per heavy atom. The summed E-state index contributed by atoms with van der Waals surface area (Å²) in [6.07, 6.45) is 4.22. The van der Waals surface area contributed by atoms with Crippen molar-refractivity contribution in [3.8, 4) is 0 Å². The zero-order valence-electron chi connectivity index (χ0n) is 13.5. The molecule has 1 heterocycles. The molecule has 0 atom stereocenters. The van der Waals surface area contributed by atoms with Crippen LogP contribution in [0.3, 0.4) is 0 Å². The number of rotatable bonds is 4. The van der Waals surface area contributed by atoms with Crippen molar-refractivity contribution in [1.82, 2.24) is 9.47 Å². The number of urea groups is 1. The number of nitrogens with zero attached hydrogens (tertiary/aromatic N) is 2. The van der Waals surface area contributed by atoms with Gasteiger partial charge in [-0.1, -0.05) is 12.1 Å². The van der Waals surface area contributed by atoms with Crippen molar-refractivity contribution in [3.05, 3.63) is 53.3 Å². The Kier molecular flexibility index (Phi) is 3.92. The number of carbonyl (C=O) groups is 1. The van der Waals surface area contributed by atoms with Gasteiger partial charge < -0.3 is 14.8 Å². The van der Waals surface area contributed by atoms with Crippen molar-refractivity contribution in [2.45, 2.75) is 39.3 Å². The first-order valence-electron chi connectivity index (χ1n) is 7.80. The van der Waals surface area contributed by atoms with Gasteiger partial charge in [-0.2, -0.15) is 0 Å². The maximum Gasteiger partial charge on any atom is 0.322 e. The second kappa shape index (κ2) is 5.87. The fourth-order valence-corrected chi connectivity index (χ4v) is 2.66. The van der Waals surface area contributed by atoms with Gasteiger partial charge in [-0.25, -0.2) is 4.79 Å². The molecular formula is C18H23N3O. The summed E-state index contributed by atoms with van der Waals surface area (Å²) in [5.41, 5.74) is 4.38. The summed E-state index contributed by atoms with van der Waals surface area (Å²) in [7, 11) is 2.02. The van der Waals surface area contributed by atoms with E-state index in [1.54, 1.807) is 0 Å². The van der Waals surface area contributed by atoms with E-state index in [0.29, 0.717) is 12.6 Å². The Balaban J connectivity index is 1.76. The average Bonchev–Trinajstić information content (AvgIpc) is 3.25. The Bertz CT molecular complexity index is 685. The summed E-state index contributed by atoms with van der Waals surface area (Å²) in [6.45, 7) is 4.77. The van der Waals surface area contributed by atoms with Crippen molar-refractivity contribution in [2.75, 3.05) is 5.32 Å². The maximum absolute atomic E-state index is 12.7. The first kappa shape index (κ1) is 14.7. The largest absolute Gasteiger partial charge is 0.353 e. The van der Waals surface area contributed by atoms with E-state index >= 15 is 0 Å². The molecular weight excluding hydrogens is 274 g/mol. The Labute approximate surface area is 131 Å². The number of aryl methyl sites for hydroxylation is 2. The van der Waals surface area contributed by atoms with Crippen LogP contribution in [0.1, 0.15) is 29.7 Å². The number of carbonyl (C=O) groups excluding carboxylic acids is 1. The number of anilines is 1. The fraction of sp³-hybridized carbons (Fsp3) is 0.389. The van der Waals surface area contributed by atoms with E-state index in [-0.39, 0.29) is 6.03 Å². The van der Waals surface area contributed by atoms with Gasteiger partial charge in [-0.05, 0) is 56.0 Å². The van der Waals surface area contributed by atoms with Gasteiger partial charge in [-0.3, -0.25) is 0 Å². The van der Waals surface area contributed by atoms with E-state index in [1.165, 1.54) is 5.56 Å². The molecule has 116 valence electrons. The van der Waals surface area contributed by atoms with Crippen LogP contribution in [0.5, 0.6) is 0 Å². The molecule has 3 rings (SSSR count). The summed E-state index contributed by atoms with van der Waals surface area (Å²) >= 11 is 0. The van der Waals surface area contributed by atoms with Gasteiger partial charge in [0, 0.05) is 30.7 Å². The maximum atomic E-state index is 12.7. The first-order valence-corrected chi connectivity index (χ1v) is 7.80. The van der Waals surface area contributed by atoms with Gasteiger partial charge in [0.2, 0.25) is 0 Å². The molecule has 0 aliphatic heterocycles. The molecule has 0 unspecified atom stereocenters. The SMILES string of the molecule is Cc1cccc(NC(=O)N(Cc2cccn2C)C2CC2)c1C. The van der Waals surface area contributed by atoms with Crippen molar-refractivity contribution in [1.29, 1.82) is 0 Å². The number of aromatic nitrogens is 1. The Hall–Kier alpha value is -2.23. The molecule has 0 saturated heterocycles. The lowest BCUT2D eigenvalue weighted by Crippen LogP contribution is -2.36. The van der Waals surface area contributed by atoms with Crippen molar-refractivity contribution in [3.63, 3.8) is 0 Å². The smallest absolute Gasteiger partial charge is 0.322 e. The zero-order valence-corrected chi connectivity index (χ0v) is 13.5. The molecule has 4 heteroatoms. The van der Waals surface area contributed by atoms with Gasteiger partial charge in [0.1, 0.15) is 0 Å². The van der Waals surface area contributed by atoms with Crippen molar-refractivity contribution in [2.24, 2.45) is 7.05 Å². The van der Waals surface area contributed by atoms with Crippen molar-refractivity contribution >= 4 is 11.7 Å². The highest BCUT2D eigenvalue weighted by atomic mass is 16.2. The molecule has 2 aromatic rings. The molecule has 1 N–H and O–H groups in total. The minimum Gasteiger partial charge on any atom is -0.353 e. The highest BCUT2D eigenvalue weighted by Gasteiger charge is 2.33. The lowest BCUT2D eigenvalue weighted by molar-refractivity contribution is 0.205. The molecule has 0 bridgehead atoms. The third-order valence-electron chi connectivity index (χ3n) is 4.48. The molecule has 0 radical (unpaired) electrons. The second-order valence-electron chi connectivity index (χ2n) is 6.15. The average molecular weight is 297 g/mol. The van der Waals surface area contributed by atoms with E-state index in [9.17, 15) is 4.79 Å².